The van der Waals surface area contributed by atoms with Gasteiger partial charge in [-0.25, -0.2) is 0 Å². The zero-order valence-corrected chi connectivity index (χ0v) is 10.8. The van der Waals surface area contributed by atoms with Crippen molar-refractivity contribution in [3.8, 4) is 0 Å². The van der Waals surface area contributed by atoms with Crippen molar-refractivity contribution in [3.63, 3.8) is 0 Å². The average Bonchev–Trinajstić information content (AvgIpc) is 3.01. The van der Waals surface area contributed by atoms with E-state index in [0.29, 0.717) is 6.04 Å². The first-order valence-electron chi connectivity index (χ1n) is 5.47. The van der Waals surface area contributed by atoms with E-state index in [1.807, 2.05) is 31.2 Å². The Bertz CT molecular complexity index is 390. The number of benzene rings is 1. The standard InChI is InChI=1S/C12H15BrN2O/c1-8(14-10-5-6-10)12(16)15-11-4-2-3-9(13)7-11/h2-4,7-8,10,14H,5-6H2,1H3,(H,15,16). The van der Waals surface area contributed by atoms with Crippen LogP contribution in [0.15, 0.2) is 28.7 Å². The molecule has 1 aliphatic carbocycles. The molecule has 16 heavy (non-hydrogen) atoms. The summed E-state index contributed by atoms with van der Waals surface area (Å²) in [6.07, 6.45) is 2.38. The molecule has 0 heterocycles. The van der Waals surface area contributed by atoms with Gasteiger partial charge in [0.15, 0.2) is 0 Å². The van der Waals surface area contributed by atoms with Gasteiger partial charge in [0.2, 0.25) is 5.91 Å². The molecular weight excluding hydrogens is 268 g/mol. The smallest absolute Gasteiger partial charge is 0.241 e. The van der Waals surface area contributed by atoms with Gasteiger partial charge in [-0.1, -0.05) is 22.0 Å². The van der Waals surface area contributed by atoms with Crippen molar-refractivity contribution < 1.29 is 4.79 Å². The summed E-state index contributed by atoms with van der Waals surface area (Å²) >= 11 is 3.37. The Hall–Kier alpha value is -0.870. The van der Waals surface area contributed by atoms with E-state index in [2.05, 4.69) is 26.6 Å². The molecule has 2 rings (SSSR count). The Balaban J connectivity index is 1.90. The van der Waals surface area contributed by atoms with Crippen LogP contribution in [-0.4, -0.2) is 18.0 Å². The molecule has 0 aromatic heterocycles. The maximum Gasteiger partial charge on any atom is 0.241 e. The number of rotatable bonds is 4. The molecule has 1 unspecified atom stereocenters. The summed E-state index contributed by atoms with van der Waals surface area (Å²) in [7, 11) is 0. The molecule has 0 bridgehead atoms. The topological polar surface area (TPSA) is 41.1 Å². The third kappa shape index (κ3) is 3.32. The summed E-state index contributed by atoms with van der Waals surface area (Å²) in [6.45, 7) is 1.89. The third-order valence-electron chi connectivity index (χ3n) is 2.55. The van der Waals surface area contributed by atoms with Crippen LogP contribution in [0.2, 0.25) is 0 Å². The molecule has 1 atom stereocenters. The van der Waals surface area contributed by atoms with E-state index < -0.39 is 0 Å². The number of nitrogens with one attached hydrogen (secondary N) is 2. The number of amides is 1. The molecule has 4 heteroatoms. The maximum atomic E-state index is 11.8. The summed E-state index contributed by atoms with van der Waals surface area (Å²) in [6, 6.07) is 8.02. The highest BCUT2D eigenvalue weighted by Gasteiger charge is 2.25. The van der Waals surface area contributed by atoms with E-state index in [1.165, 1.54) is 12.8 Å². The minimum Gasteiger partial charge on any atom is -0.325 e. The van der Waals surface area contributed by atoms with Crippen molar-refractivity contribution in [1.82, 2.24) is 5.32 Å². The van der Waals surface area contributed by atoms with Gasteiger partial charge in [0, 0.05) is 16.2 Å². The Labute approximate surface area is 104 Å². The van der Waals surface area contributed by atoms with Gasteiger partial charge in [0.05, 0.1) is 6.04 Å². The van der Waals surface area contributed by atoms with Gasteiger partial charge in [-0.15, -0.1) is 0 Å². The second kappa shape index (κ2) is 4.97. The Morgan fingerprint density at radius 2 is 2.25 bits per heavy atom. The molecule has 0 radical (unpaired) electrons. The van der Waals surface area contributed by atoms with E-state index in [1.54, 1.807) is 0 Å². The van der Waals surface area contributed by atoms with Gasteiger partial charge in [0.25, 0.3) is 0 Å². The number of halogens is 1. The largest absolute Gasteiger partial charge is 0.325 e. The van der Waals surface area contributed by atoms with Crippen LogP contribution < -0.4 is 10.6 Å². The predicted octanol–water partition coefficient (Wildman–Crippen LogP) is 2.53. The van der Waals surface area contributed by atoms with E-state index >= 15 is 0 Å². The van der Waals surface area contributed by atoms with Crippen LogP contribution in [0, 0.1) is 0 Å². The molecule has 1 aliphatic rings. The molecule has 0 aliphatic heterocycles. The van der Waals surface area contributed by atoms with Gasteiger partial charge >= 0.3 is 0 Å². The van der Waals surface area contributed by atoms with Gasteiger partial charge in [-0.2, -0.15) is 0 Å². The van der Waals surface area contributed by atoms with E-state index in [-0.39, 0.29) is 11.9 Å². The summed E-state index contributed by atoms with van der Waals surface area (Å²) in [5, 5.41) is 6.15. The molecule has 3 nitrogen and oxygen atoms in total. The van der Waals surface area contributed by atoms with E-state index in [0.717, 1.165) is 10.2 Å². The SMILES string of the molecule is CC(NC1CC1)C(=O)Nc1cccc(Br)c1. The van der Waals surface area contributed by atoms with Gasteiger partial charge in [-0.3, -0.25) is 4.79 Å². The average molecular weight is 283 g/mol. The van der Waals surface area contributed by atoms with Crippen LogP contribution in [0.3, 0.4) is 0 Å². The number of carbonyl (C=O) groups is 1. The lowest BCUT2D eigenvalue weighted by atomic mass is 10.2. The zero-order valence-electron chi connectivity index (χ0n) is 9.16. The normalized spacial score (nSPS) is 16.9. The van der Waals surface area contributed by atoms with Gasteiger partial charge < -0.3 is 10.6 Å². The fourth-order valence-corrected chi connectivity index (χ4v) is 1.90. The number of anilines is 1. The number of hydrogen-bond donors (Lipinski definition) is 2. The molecule has 1 aromatic carbocycles. The van der Waals surface area contributed by atoms with Crippen LogP contribution in [0.1, 0.15) is 19.8 Å². The minimum absolute atomic E-state index is 0.0185. The molecule has 1 amide bonds. The summed E-state index contributed by atoms with van der Waals surface area (Å²) in [4.78, 5) is 11.8. The molecule has 86 valence electrons. The fourth-order valence-electron chi connectivity index (χ4n) is 1.50. The summed E-state index contributed by atoms with van der Waals surface area (Å²) < 4.78 is 0.966. The second-order valence-electron chi connectivity index (χ2n) is 4.16. The first-order valence-corrected chi connectivity index (χ1v) is 6.27. The molecule has 1 aromatic rings. The highest BCUT2D eigenvalue weighted by atomic mass is 79.9. The first-order chi connectivity index (χ1) is 7.65. The van der Waals surface area contributed by atoms with Crippen molar-refractivity contribution >= 4 is 27.5 Å². The fraction of sp³-hybridized carbons (Fsp3) is 0.417. The van der Waals surface area contributed by atoms with E-state index in [9.17, 15) is 4.79 Å². The van der Waals surface area contributed by atoms with Crippen molar-refractivity contribution in [2.24, 2.45) is 0 Å². The van der Waals surface area contributed by atoms with Crippen molar-refractivity contribution in [3.05, 3.63) is 28.7 Å². The summed E-state index contributed by atoms with van der Waals surface area (Å²) in [5.74, 6) is 0.0185. The minimum atomic E-state index is -0.133. The number of carbonyl (C=O) groups excluding carboxylic acids is 1. The quantitative estimate of drug-likeness (QED) is 0.891. The lowest BCUT2D eigenvalue weighted by Crippen LogP contribution is -2.39. The third-order valence-corrected chi connectivity index (χ3v) is 3.04. The first kappa shape index (κ1) is 11.6. The maximum absolute atomic E-state index is 11.8. The predicted molar refractivity (Wildman–Crippen MR) is 68.4 cm³/mol. The van der Waals surface area contributed by atoms with Crippen LogP contribution in [0.5, 0.6) is 0 Å². The molecule has 2 N–H and O–H groups in total. The zero-order chi connectivity index (χ0) is 11.5. The van der Waals surface area contributed by atoms with Crippen LogP contribution >= 0.6 is 15.9 Å². The van der Waals surface area contributed by atoms with Gasteiger partial charge in [0.1, 0.15) is 0 Å². The molecule has 1 saturated carbocycles. The Morgan fingerprint density at radius 1 is 1.50 bits per heavy atom. The van der Waals surface area contributed by atoms with Gasteiger partial charge in [-0.05, 0) is 38.0 Å². The molecule has 0 saturated heterocycles. The van der Waals surface area contributed by atoms with Crippen molar-refractivity contribution in [2.75, 3.05) is 5.32 Å². The highest BCUT2D eigenvalue weighted by Crippen LogP contribution is 2.20. The van der Waals surface area contributed by atoms with Crippen LogP contribution in [0.4, 0.5) is 5.69 Å². The summed E-state index contributed by atoms with van der Waals surface area (Å²) in [5.41, 5.74) is 0.823. The lowest BCUT2D eigenvalue weighted by molar-refractivity contribution is -0.117. The molecule has 1 fully saturated rings. The highest BCUT2D eigenvalue weighted by molar-refractivity contribution is 9.10. The Morgan fingerprint density at radius 3 is 2.88 bits per heavy atom. The van der Waals surface area contributed by atoms with E-state index in [4.69, 9.17) is 0 Å². The Kier molecular flexibility index (Phi) is 3.61. The van der Waals surface area contributed by atoms with Crippen molar-refractivity contribution in [1.29, 1.82) is 0 Å². The monoisotopic (exact) mass is 282 g/mol. The lowest BCUT2D eigenvalue weighted by Gasteiger charge is -2.13. The number of hydrogen-bond acceptors (Lipinski definition) is 2. The van der Waals surface area contributed by atoms with Crippen molar-refractivity contribution in [2.45, 2.75) is 31.8 Å². The second-order valence-corrected chi connectivity index (χ2v) is 5.08. The molecular formula is C12H15BrN2O. The molecule has 0 spiro atoms. The van der Waals surface area contributed by atoms with Crippen LogP contribution in [0.25, 0.3) is 0 Å². The van der Waals surface area contributed by atoms with Crippen LogP contribution in [-0.2, 0) is 4.79 Å².